The molecular weight excluding hydrogens is 308 g/mol. The van der Waals surface area contributed by atoms with E-state index in [1.807, 2.05) is 19.1 Å². The second kappa shape index (κ2) is 6.84. The van der Waals surface area contributed by atoms with Crippen molar-refractivity contribution in [2.75, 3.05) is 11.9 Å². The maximum Gasteiger partial charge on any atom is 0.320 e. The van der Waals surface area contributed by atoms with Crippen LogP contribution >= 0.6 is 0 Å². The maximum absolute atomic E-state index is 10.9. The minimum absolute atomic E-state index is 0.116. The molecule has 1 aliphatic heterocycles. The topological polar surface area (TPSA) is 107 Å². The van der Waals surface area contributed by atoms with Gasteiger partial charge < -0.3 is 20.8 Å². The highest BCUT2D eigenvalue weighted by atomic mass is 16.4. The van der Waals surface area contributed by atoms with E-state index < -0.39 is 12.0 Å². The molecule has 1 saturated heterocycles. The number of anilines is 1. The molecule has 1 aromatic carbocycles. The lowest BCUT2D eigenvalue weighted by Crippen LogP contribution is -2.48. The number of aromatic nitrogens is 2. The summed E-state index contributed by atoms with van der Waals surface area (Å²) in [7, 11) is 0. The van der Waals surface area contributed by atoms with Gasteiger partial charge in [0, 0.05) is 18.2 Å². The molecule has 1 aliphatic rings. The predicted molar refractivity (Wildman–Crippen MR) is 89.9 cm³/mol. The monoisotopic (exact) mass is 328 g/mol. The molecule has 4 N–H and O–H groups in total. The SMILES string of the molecule is Cc1cc(N[C@@H]2CC[C@@H](C(=O)O)NC2)nnc1-c1ccccc1O. The zero-order valence-corrected chi connectivity index (χ0v) is 13.4. The number of piperidine rings is 1. The van der Waals surface area contributed by atoms with Crippen molar-refractivity contribution in [2.24, 2.45) is 0 Å². The van der Waals surface area contributed by atoms with Gasteiger partial charge in [-0.1, -0.05) is 12.1 Å². The van der Waals surface area contributed by atoms with Gasteiger partial charge >= 0.3 is 5.97 Å². The van der Waals surface area contributed by atoms with Gasteiger partial charge in [-0.05, 0) is 43.5 Å². The minimum Gasteiger partial charge on any atom is -0.507 e. The number of phenols is 1. The summed E-state index contributed by atoms with van der Waals surface area (Å²) >= 11 is 0. The van der Waals surface area contributed by atoms with E-state index in [2.05, 4.69) is 20.8 Å². The van der Waals surface area contributed by atoms with Gasteiger partial charge in [-0.15, -0.1) is 10.2 Å². The van der Waals surface area contributed by atoms with Crippen LogP contribution in [0.2, 0.25) is 0 Å². The summed E-state index contributed by atoms with van der Waals surface area (Å²) in [5.41, 5.74) is 2.20. The second-order valence-corrected chi connectivity index (χ2v) is 6.00. The number of para-hydroxylation sites is 1. The lowest BCUT2D eigenvalue weighted by Gasteiger charge is -2.28. The summed E-state index contributed by atoms with van der Waals surface area (Å²) < 4.78 is 0. The Kier molecular flexibility index (Phi) is 4.61. The molecule has 0 amide bonds. The standard InChI is InChI=1S/C17H20N4O3/c1-10-8-15(19-11-6-7-13(17(23)24)18-9-11)20-21-16(10)12-4-2-3-5-14(12)22/h2-5,8,11,13,18,22H,6-7,9H2,1H3,(H,19,20)(H,23,24)/t11-,13+/m1/s1. The van der Waals surface area contributed by atoms with Crippen LogP contribution in [0, 0.1) is 6.92 Å². The fraction of sp³-hybridized carbons (Fsp3) is 0.353. The van der Waals surface area contributed by atoms with Gasteiger partial charge in [0.2, 0.25) is 0 Å². The number of nitrogens with one attached hydrogen (secondary N) is 2. The number of aliphatic carboxylic acids is 1. The van der Waals surface area contributed by atoms with Crippen molar-refractivity contribution < 1.29 is 15.0 Å². The molecule has 1 aromatic heterocycles. The number of aromatic hydroxyl groups is 1. The van der Waals surface area contributed by atoms with E-state index in [1.165, 1.54) is 0 Å². The van der Waals surface area contributed by atoms with Crippen molar-refractivity contribution in [3.8, 4) is 17.0 Å². The molecule has 126 valence electrons. The van der Waals surface area contributed by atoms with Gasteiger partial charge in [0.05, 0.1) is 5.69 Å². The first-order valence-corrected chi connectivity index (χ1v) is 7.90. The van der Waals surface area contributed by atoms with Gasteiger partial charge in [-0.3, -0.25) is 4.79 Å². The van der Waals surface area contributed by atoms with Gasteiger partial charge in [-0.2, -0.15) is 0 Å². The van der Waals surface area contributed by atoms with Crippen LogP contribution in [-0.2, 0) is 4.79 Å². The molecule has 1 fully saturated rings. The average Bonchev–Trinajstić information content (AvgIpc) is 2.56. The molecule has 3 rings (SSSR count). The first-order chi connectivity index (χ1) is 11.5. The number of carboxylic acid groups (broad SMARTS) is 1. The molecule has 0 bridgehead atoms. The largest absolute Gasteiger partial charge is 0.507 e. The normalized spacial score (nSPS) is 20.5. The Morgan fingerprint density at radius 3 is 2.71 bits per heavy atom. The van der Waals surface area contributed by atoms with Crippen LogP contribution < -0.4 is 10.6 Å². The second-order valence-electron chi connectivity index (χ2n) is 6.00. The zero-order valence-electron chi connectivity index (χ0n) is 13.4. The fourth-order valence-electron chi connectivity index (χ4n) is 2.90. The number of carboxylic acids is 1. The Morgan fingerprint density at radius 2 is 2.08 bits per heavy atom. The molecule has 24 heavy (non-hydrogen) atoms. The van der Waals surface area contributed by atoms with E-state index in [0.29, 0.717) is 30.0 Å². The molecule has 2 heterocycles. The summed E-state index contributed by atoms with van der Waals surface area (Å²) in [6.45, 7) is 2.49. The smallest absolute Gasteiger partial charge is 0.320 e. The van der Waals surface area contributed by atoms with Gasteiger partial charge in [-0.25, -0.2) is 0 Å². The number of hydrogen-bond acceptors (Lipinski definition) is 6. The third-order valence-electron chi connectivity index (χ3n) is 4.21. The third-order valence-corrected chi connectivity index (χ3v) is 4.21. The van der Waals surface area contributed by atoms with Crippen molar-refractivity contribution in [2.45, 2.75) is 31.8 Å². The van der Waals surface area contributed by atoms with Crippen LogP contribution in [-0.4, -0.2) is 45.0 Å². The number of aryl methyl sites for hydroxylation is 1. The third kappa shape index (κ3) is 3.46. The Bertz CT molecular complexity index is 742. The zero-order chi connectivity index (χ0) is 17.1. The molecule has 0 aliphatic carbocycles. The summed E-state index contributed by atoms with van der Waals surface area (Å²) in [6, 6.07) is 8.56. The van der Waals surface area contributed by atoms with Gasteiger partial charge in [0.1, 0.15) is 17.6 Å². The average molecular weight is 328 g/mol. The Hall–Kier alpha value is -2.67. The van der Waals surface area contributed by atoms with Crippen LogP contribution in [0.5, 0.6) is 5.75 Å². The summed E-state index contributed by atoms with van der Waals surface area (Å²) in [4.78, 5) is 10.9. The summed E-state index contributed by atoms with van der Waals surface area (Å²) in [6.07, 6.45) is 1.33. The van der Waals surface area contributed by atoms with E-state index in [1.54, 1.807) is 18.2 Å². The van der Waals surface area contributed by atoms with Gasteiger partial charge in [0.15, 0.2) is 0 Å². The summed E-state index contributed by atoms with van der Waals surface area (Å²) in [5.74, 6) is 0.00940. The Labute approximate surface area is 139 Å². The molecule has 0 spiro atoms. The molecule has 7 heteroatoms. The highest BCUT2D eigenvalue weighted by Crippen LogP contribution is 2.29. The first-order valence-electron chi connectivity index (χ1n) is 7.90. The fourth-order valence-corrected chi connectivity index (χ4v) is 2.90. The van der Waals surface area contributed by atoms with E-state index in [4.69, 9.17) is 5.11 Å². The van der Waals surface area contributed by atoms with Crippen LogP contribution in [0.4, 0.5) is 5.82 Å². The highest BCUT2D eigenvalue weighted by Gasteiger charge is 2.25. The van der Waals surface area contributed by atoms with Crippen LogP contribution in [0.15, 0.2) is 30.3 Å². The summed E-state index contributed by atoms with van der Waals surface area (Å²) in [5, 5.41) is 33.6. The Balaban J connectivity index is 1.70. The number of phenolic OH excluding ortho intramolecular Hbond substituents is 1. The quantitative estimate of drug-likeness (QED) is 0.677. The molecule has 0 saturated carbocycles. The van der Waals surface area contributed by atoms with Crippen LogP contribution in [0.3, 0.4) is 0 Å². The lowest BCUT2D eigenvalue weighted by atomic mass is 10.0. The number of benzene rings is 1. The van der Waals surface area contributed by atoms with E-state index in [-0.39, 0.29) is 11.8 Å². The van der Waals surface area contributed by atoms with Gasteiger partial charge in [0.25, 0.3) is 0 Å². The highest BCUT2D eigenvalue weighted by molar-refractivity contribution is 5.73. The molecule has 2 atom stereocenters. The van der Waals surface area contributed by atoms with Crippen molar-refractivity contribution in [1.82, 2.24) is 15.5 Å². The molecular formula is C17H20N4O3. The first kappa shape index (κ1) is 16.2. The van der Waals surface area contributed by atoms with E-state index in [9.17, 15) is 9.90 Å². The van der Waals surface area contributed by atoms with E-state index in [0.717, 1.165) is 12.0 Å². The maximum atomic E-state index is 10.9. The number of carbonyl (C=O) groups is 1. The van der Waals surface area contributed by atoms with E-state index >= 15 is 0 Å². The van der Waals surface area contributed by atoms with Crippen molar-refractivity contribution in [3.63, 3.8) is 0 Å². The minimum atomic E-state index is -0.809. The van der Waals surface area contributed by atoms with Crippen molar-refractivity contribution in [3.05, 3.63) is 35.9 Å². The van der Waals surface area contributed by atoms with Crippen LogP contribution in [0.25, 0.3) is 11.3 Å². The molecule has 0 radical (unpaired) electrons. The van der Waals surface area contributed by atoms with Crippen LogP contribution in [0.1, 0.15) is 18.4 Å². The molecule has 2 aromatic rings. The van der Waals surface area contributed by atoms with Crippen molar-refractivity contribution in [1.29, 1.82) is 0 Å². The lowest BCUT2D eigenvalue weighted by molar-refractivity contribution is -0.140. The molecule has 7 nitrogen and oxygen atoms in total. The number of hydrogen-bond donors (Lipinski definition) is 4. The van der Waals surface area contributed by atoms with Crippen molar-refractivity contribution >= 4 is 11.8 Å². The molecule has 0 unspecified atom stereocenters. The number of rotatable bonds is 4. The Morgan fingerprint density at radius 1 is 1.29 bits per heavy atom. The predicted octanol–water partition coefficient (Wildman–Crippen LogP) is 1.77. The number of nitrogens with zero attached hydrogens (tertiary/aromatic N) is 2.